The van der Waals surface area contributed by atoms with Crippen molar-refractivity contribution in [3.63, 3.8) is 0 Å². The van der Waals surface area contributed by atoms with Crippen molar-refractivity contribution in [3.8, 4) is 11.1 Å². The number of carbonyl (C=O) groups excluding carboxylic acids is 1. The van der Waals surface area contributed by atoms with Crippen LogP contribution in [0.25, 0.3) is 11.1 Å². The van der Waals surface area contributed by atoms with Crippen molar-refractivity contribution in [2.24, 2.45) is 0 Å². The number of nitrogens with zero attached hydrogens (tertiary/aromatic N) is 2. The maximum Gasteiger partial charge on any atom is 0.240 e. The van der Waals surface area contributed by atoms with Crippen LogP contribution in [0.3, 0.4) is 0 Å². The van der Waals surface area contributed by atoms with E-state index in [9.17, 15) is 13.2 Å². The first-order chi connectivity index (χ1) is 19.5. The predicted octanol–water partition coefficient (Wildman–Crippen LogP) is 5.34. The topological polar surface area (TPSA) is 125 Å². The fourth-order valence-electron chi connectivity index (χ4n) is 4.41. The maximum atomic E-state index is 15.3. The number of benzene rings is 3. The van der Waals surface area contributed by atoms with E-state index in [0.717, 1.165) is 11.1 Å². The van der Waals surface area contributed by atoms with Crippen LogP contribution in [0.15, 0.2) is 77.8 Å². The average molecular weight is 575 g/mol. The molecule has 0 saturated heterocycles. The fraction of sp³-hybridized carbons (Fsp3) is 0.233. The number of hydrogen-bond acceptors (Lipinski definition) is 7. The van der Waals surface area contributed by atoms with Gasteiger partial charge in [-0.2, -0.15) is 4.98 Å². The summed E-state index contributed by atoms with van der Waals surface area (Å²) >= 11 is 0. The Morgan fingerprint density at radius 2 is 1.80 bits per heavy atom. The molecule has 212 valence electrons. The van der Waals surface area contributed by atoms with Gasteiger partial charge in [-0.05, 0) is 68.7 Å². The van der Waals surface area contributed by atoms with E-state index < -0.39 is 21.3 Å². The zero-order valence-corrected chi connectivity index (χ0v) is 23.8. The minimum atomic E-state index is -3.66. The van der Waals surface area contributed by atoms with Gasteiger partial charge in [0, 0.05) is 30.5 Å². The predicted molar refractivity (Wildman–Crippen MR) is 158 cm³/mol. The first-order valence-electron chi connectivity index (χ1n) is 13.2. The van der Waals surface area contributed by atoms with Crippen molar-refractivity contribution in [1.29, 1.82) is 0 Å². The molecule has 1 aromatic heterocycles. The molecule has 0 saturated carbocycles. The Bertz CT molecular complexity index is 1710. The molecule has 0 unspecified atom stereocenters. The van der Waals surface area contributed by atoms with Gasteiger partial charge in [-0.3, -0.25) is 4.79 Å². The fourth-order valence-corrected chi connectivity index (χ4v) is 5.53. The summed E-state index contributed by atoms with van der Waals surface area (Å²) in [5.74, 6) is -0.217. The highest BCUT2D eigenvalue weighted by molar-refractivity contribution is 7.89. The van der Waals surface area contributed by atoms with Crippen LogP contribution in [0.2, 0.25) is 0 Å². The van der Waals surface area contributed by atoms with Crippen LogP contribution < -0.4 is 20.7 Å². The highest BCUT2D eigenvalue weighted by atomic mass is 32.2. The normalized spacial score (nSPS) is 14.8. The Morgan fingerprint density at radius 1 is 1.02 bits per heavy atom. The summed E-state index contributed by atoms with van der Waals surface area (Å²) in [6, 6.07) is 18.6. The number of nitrogens with one attached hydrogen (secondary N) is 4. The van der Waals surface area contributed by atoms with Gasteiger partial charge in [-0.25, -0.2) is 22.5 Å². The number of halogens is 1. The second-order valence-corrected chi connectivity index (χ2v) is 12.2. The Balaban J connectivity index is 1.41. The molecular weight excluding hydrogens is 543 g/mol. The van der Waals surface area contributed by atoms with Gasteiger partial charge in [-0.1, -0.05) is 42.0 Å². The highest BCUT2D eigenvalue weighted by Crippen LogP contribution is 2.32. The largest absolute Gasteiger partial charge is 0.369 e. The molecule has 0 aliphatic carbocycles. The van der Waals surface area contributed by atoms with Crippen molar-refractivity contribution in [2.75, 3.05) is 29.0 Å². The minimum Gasteiger partial charge on any atom is -0.369 e. The number of carbonyl (C=O) groups is 1. The van der Waals surface area contributed by atoms with Crippen molar-refractivity contribution >= 4 is 39.1 Å². The molecule has 0 fully saturated rings. The van der Waals surface area contributed by atoms with Crippen LogP contribution in [0, 0.1) is 12.7 Å². The van der Waals surface area contributed by atoms with Gasteiger partial charge in [0.15, 0.2) is 0 Å². The molecule has 5 rings (SSSR count). The zero-order valence-electron chi connectivity index (χ0n) is 23.0. The van der Waals surface area contributed by atoms with Crippen molar-refractivity contribution in [2.45, 2.75) is 37.5 Å². The highest BCUT2D eigenvalue weighted by Gasteiger charge is 2.30. The van der Waals surface area contributed by atoms with E-state index in [1.165, 1.54) is 24.3 Å². The summed E-state index contributed by atoms with van der Waals surface area (Å²) in [4.78, 5) is 22.2. The van der Waals surface area contributed by atoms with E-state index in [-0.39, 0.29) is 29.0 Å². The van der Waals surface area contributed by atoms with Crippen molar-refractivity contribution in [1.82, 2.24) is 14.7 Å². The molecule has 41 heavy (non-hydrogen) atoms. The van der Waals surface area contributed by atoms with E-state index in [1.807, 2.05) is 31.2 Å². The summed E-state index contributed by atoms with van der Waals surface area (Å²) in [5, 5.41) is 8.98. The third kappa shape index (κ3) is 6.21. The molecular formula is C30H31FN6O3S. The standard InChI is InChI=1S/C30H31FN6O3S/c1-19-8-11-21(12-9-19)30(2,3)28(38)36-26-13-10-20(16-25(26)31)24-18-33-29-35-22-6-4-7-23(17-22)41(39,40)34-15-5-14-32-27(24)37-29/h4,6-13,16-18,34H,5,14-15H2,1-3H3,(H,36,38)(H2,32,33,35,37). The van der Waals surface area contributed by atoms with Gasteiger partial charge in [0.2, 0.25) is 21.9 Å². The smallest absolute Gasteiger partial charge is 0.240 e. The number of hydrogen-bond donors (Lipinski definition) is 4. The second kappa shape index (κ2) is 11.3. The summed E-state index contributed by atoms with van der Waals surface area (Å²) < 4.78 is 43.1. The molecule has 0 spiro atoms. The molecule has 11 heteroatoms. The Hall–Kier alpha value is -4.35. The molecule has 0 radical (unpaired) electrons. The molecule has 1 aliphatic heterocycles. The zero-order chi connectivity index (χ0) is 29.2. The van der Waals surface area contributed by atoms with Crippen LogP contribution in [-0.2, 0) is 20.2 Å². The molecule has 4 bridgehead atoms. The molecule has 9 nitrogen and oxygen atoms in total. The van der Waals surface area contributed by atoms with E-state index in [2.05, 4.69) is 30.6 Å². The quantitative estimate of drug-likeness (QED) is 0.259. The molecule has 3 aromatic carbocycles. The molecule has 4 aromatic rings. The van der Waals surface area contributed by atoms with Crippen molar-refractivity contribution in [3.05, 3.63) is 89.9 Å². The number of sulfonamides is 1. The van der Waals surface area contributed by atoms with Crippen LogP contribution in [0.1, 0.15) is 31.4 Å². The number of anilines is 4. The second-order valence-electron chi connectivity index (χ2n) is 10.4. The minimum absolute atomic E-state index is 0.0678. The molecule has 0 atom stereocenters. The van der Waals surface area contributed by atoms with E-state index in [0.29, 0.717) is 35.6 Å². The number of rotatable bonds is 4. The van der Waals surface area contributed by atoms with Crippen LogP contribution in [0.4, 0.5) is 27.5 Å². The lowest BCUT2D eigenvalue weighted by Gasteiger charge is -2.24. The molecule has 1 amide bonds. The Labute approximate surface area is 238 Å². The Morgan fingerprint density at radius 3 is 2.56 bits per heavy atom. The summed E-state index contributed by atoms with van der Waals surface area (Å²) in [7, 11) is -3.66. The molecule has 2 heterocycles. The van der Waals surface area contributed by atoms with Gasteiger partial charge in [0.25, 0.3) is 0 Å². The van der Waals surface area contributed by atoms with Crippen LogP contribution >= 0.6 is 0 Å². The number of fused-ring (bicyclic) bond motifs is 4. The average Bonchev–Trinajstić information content (AvgIpc) is 2.94. The van der Waals surface area contributed by atoms with Crippen molar-refractivity contribution < 1.29 is 17.6 Å². The van der Waals surface area contributed by atoms with Gasteiger partial charge < -0.3 is 16.0 Å². The lowest BCUT2D eigenvalue weighted by Crippen LogP contribution is -2.35. The van der Waals surface area contributed by atoms with Gasteiger partial charge in [0.1, 0.15) is 11.6 Å². The first-order valence-corrected chi connectivity index (χ1v) is 14.7. The third-order valence-electron chi connectivity index (χ3n) is 7.00. The van der Waals surface area contributed by atoms with Gasteiger partial charge in [-0.15, -0.1) is 0 Å². The lowest BCUT2D eigenvalue weighted by atomic mass is 9.83. The summed E-state index contributed by atoms with van der Waals surface area (Å²) in [6.45, 7) is 6.21. The van der Waals surface area contributed by atoms with Crippen LogP contribution in [-0.4, -0.2) is 37.4 Å². The summed E-state index contributed by atoms with van der Waals surface area (Å²) in [5.41, 5.74) is 2.68. The van der Waals surface area contributed by atoms with Gasteiger partial charge >= 0.3 is 0 Å². The van der Waals surface area contributed by atoms with E-state index in [4.69, 9.17) is 0 Å². The number of aromatic nitrogens is 2. The maximum absolute atomic E-state index is 15.3. The lowest BCUT2D eigenvalue weighted by molar-refractivity contribution is -0.120. The monoisotopic (exact) mass is 574 g/mol. The third-order valence-corrected chi connectivity index (χ3v) is 8.46. The molecule has 4 N–H and O–H groups in total. The first kappa shape index (κ1) is 28.2. The number of amides is 1. The Kier molecular flexibility index (Phi) is 7.74. The number of aryl methyl sites for hydroxylation is 1. The SMILES string of the molecule is Cc1ccc(C(C)(C)C(=O)Nc2ccc(-c3cnc4nc3NCCCNS(=O)(=O)c3cccc(c3)N4)cc2F)cc1. The summed E-state index contributed by atoms with van der Waals surface area (Å²) in [6.07, 6.45) is 2.06. The van der Waals surface area contributed by atoms with Crippen LogP contribution in [0.5, 0.6) is 0 Å². The van der Waals surface area contributed by atoms with Gasteiger partial charge in [0.05, 0.1) is 16.0 Å². The molecule has 1 aliphatic rings. The van der Waals surface area contributed by atoms with E-state index in [1.54, 1.807) is 38.2 Å². The van der Waals surface area contributed by atoms with E-state index >= 15 is 4.39 Å².